The number of nitrogens with one attached hydrogen (secondary N) is 1. The Labute approximate surface area is 140 Å². The van der Waals surface area contributed by atoms with Gasteiger partial charge in [-0.25, -0.2) is 13.6 Å². The van der Waals surface area contributed by atoms with Crippen LogP contribution in [0.4, 0.5) is 5.69 Å². The Hall–Kier alpha value is -2.38. The number of amides is 1. The van der Waals surface area contributed by atoms with Crippen molar-refractivity contribution in [3.05, 3.63) is 53.1 Å². The van der Waals surface area contributed by atoms with Crippen molar-refractivity contribution in [3.8, 4) is 5.75 Å². The van der Waals surface area contributed by atoms with E-state index in [9.17, 15) is 13.2 Å². The molecule has 2 aromatic carbocycles. The number of fused-ring (bicyclic) bond motifs is 1. The highest BCUT2D eigenvalue weighted by Gasteiger charge is 2.18. The maximum Gasteiger partial charge on any atom is 0.259 e. The van der Waals surface area contributed by atoms with Crippen molar-refractivity contribution in [3.63, 3.8) is 0 Å². The molecule has 3 N–H and O–H groups in total. The molecule has 1 aliphatic rings. The van der Waals surface area contributed by atoms with Gasteiger partial charge in [-0.1, -0.05) is 6.07 Å². The number of carbonyl (C=O) groups excluding carboxylic acids is 1. The van der Waals surface area contributed by atoms with Crippen LogP contribution in [0.25, 0.3) is 0 Å². The Balaban J connectivity index is 1.91. The van der Waals surface area contributed by atoms with Gasteiger partial charge in [-0.2, -0.15) is 0 Å². The maximum absolute atomic E-state index is 12.5. The number of rotatable bonds is 4. The summed E-state index contributed by atoms with van der Waals surface area (Å²) < 4.78 is 28.1. The van der Waals surface area contributed by atoms with E-state index in [1.165, 1.54) is 36.4 Å². The number of aryl methyl sites for hydroxylation is 2. The summed E-state index contributed by atoms with van der Waals surface area (Å²) in [4.78, 5) is 12.4. The second-order valence-corrected chi connectivity index (χ2v) is 7.26. The number of benzene rings is 2. The Morgan fingerprint density at radius 3 is 2.58 bits per heavy atom. The second-order valence-electron chi connectivity index (χ2n) is 5.70. The van der Waals surface area contributed by atoms with Crippen molar-refractivity contribution in [1.82, 2.24) is 0 Å². The predicted octanol–water partition coefficient (Wildman–Crippen LogP) is 2.08. The van der Waals surface area contributed by atoms with Gasteiger partial charge in [0.1, 0.15) is 5.75 Å². The van der Waals surface area contributed by atoms with Gasteiger partial charge >= 0.3 is 0 Å². The molecule has 0 aromatic heterocycles. The topological polar surface area (TPSA) is 98.5 Å². The Bertz CT molecular complexity index is 907. The van der Waals surface area contributed by atoms with Gasteiger partial charge in [0.25, 0.3) is 5.91 Å². The molecule has 0 unspecified atom stereocenters. The van der Waals surface area contributed by atoms with E-state index in [0.29, 0.717) is 5.69 Å². The highest BCUT2D eigenvalue weighted by Crippen LogP contribution is 2.27. The van der Waals surface area contributed by atoms with Crippen LogP contribution in [0, 0.1) is 0 Å². The minimum Gasteiger partial charge on any atom is -0.496 e. The lowest BCUT2D eigenvalue weighted by Crippen LogP contribution is -2.17. The second kappa shape index (κ2) is 6.26. The van der Waals surface area contributed by atoms with Crippen LogP contribution in [0.5, 0.6) is 5.75 Å². The molecule has 6 nitrogen and oxygen atoms in total. The van der Waals surface area contributed by atoms with Crippen molar-refractivity contribution >= 4 is 21.6 Å². The van der Waals surface area contributed by atoms with Crippen LogP contribution in [-0.4, -0.2) is 21.4 Å². The van der Waals surface area contributed by atoms with E-state index in [-0.39, 0.29) is 16.2 Å². The van der Waals surface area contributed by atoms with Crippen molar-refractivity contribution in [2.45, 2.75) is 24.2 Å². The molecular formula is C17H18N2O4S. The summed E-state index contributed by atoms with van der Waals surface area (Å²) in [6.45, 7) is 0. The van der Waals surface area contributed by atoms with Crippen molar-refractivity contribution in [1.29, 1.82) is 0 Å². The first-order chi connectivity index (χ1) is 11.4. The van der Waals surface area contributed by atoms with E-state index in [1.807, 2.05) is 18.2 Å². The molecule has 2 aromatic rings. The zero-order valence-corrected chi connectivity index (χ0v) is 14.0. The normalized spacial score (nSPS) is 13.4. The first-order valence-corrected chi connectivity index (χ1v) is 9.07. The van der Waals surface area contributed by atoms with E-state index in [0.717, 1.165) is 19.3 Å². The Morgan fingerprint density at radius 1 is 1.12 bits per heavy atom. The number of carbonyl (C=O) groups is 1. The number of nitrogens with two attached hydrogens (primary N) is 1. The predicted molar refractivity (Wildman–Crippen MR) is 90.8 cm³/mol. The zero-order valence-electron chi connectivity index (χ0n) is 13.2. The fraction of sp³-hybridized carbons (Fsp3) is 0.235. The number of methoxy groups -OCH3 is 1. The lowest BCUT2D eigenvalue weighted by atomic mass is 10.1. The van der Waals surface area contributed by atoms with Gasteiger partial charge in [0.2, 0.25) is 10.0 Å². The average molecular weight is 346 g/mol. The standard InChI is InChI=1S/C17H18N2O4S/c1-23-16-8-7-14(24(18,21)22)10-15(16)17(20)19-13-6-5-11-3-2-4-12(11)9-13/h5-10H,2-4H2,1H3,(H,19,20)(H2,18,21,22). The molecule has 0 aliphatic heterocycles. The van der Waals surface area contributed by atoms with Crippen LogP contribution >= 0.6 is 0 Å². The number of anilines is 1. The molecule has 0 atom stereocenters. The summed E-state index contributed by atoms with van der Waals surface area (Å²) in [6, 6.07) is 9.75. The fourth-order valence-electron chi connectivity index (χ4n) is 2.89. The van der Waals surface area contributed by atoms with Crippen LogP contribution < -0.4 is 15.2 Å². The first-order valence-electron chi connectivity index (χ1n) is 7.52. The molecule has 0 heterocycles. The Kier molecular flexibility index (Phi) is 4.29. The molecule has 0 spiro atoms. The highest BCUT2D eigenvalue weighted by atomic mass is 32.2. The van der Waals surface area contributed by atoms with Crippen LogP contribution in [0.1, 0.15) is 27.9 Å². The molecule has 1 amide bonds. The van der Waals surface area contributed by atoms with E-state index in [1.54, 1.807) is 0 Å². The Morgan fingerprint density at radius 2 is 1.88 bits per heavy atom. The van der Waals surface area contributed by atoms with Crippen molar-refractivity contribution in [2.75, 3.05) is 12.4 Å². The molecule has 126 valence electrons. The minimum atomic E-state index is -3.90. The maximum atomic E-state index is 12.5. The third-order valence-electron chi connectivity index (χ3n) is 4.10. The van der Waals surface area contributed by atoms with Crippen LogP contribution in [-0.2, 0) is 22.9 Å². The number of hydrogen-bond acceptors (Lipinski definition) is 4. The van der Waals surface area contributed by atoms with E-state index in [4.69, 9.17) is 9.88 Å². The molecule has 0 fully saturated rings. The number of hydrogen-bond donors (Lipinski definition) is 2. The monoisotopic (exact) mass is 346 g/mol. The molecule has 0 saturated carbocycles. The smallest absolute Gasteiger partial charge is 0.259 e. The van der Waals surface area contributed by atoms with Crippen LogP contribution in [0.2, 0.25) is 0 Å². The molecule has 3 rings (SSSR count). The van der Waals surface area contributed by atoms with Gasteiger partial charge in [0.05, 0.1) is 17.6 Å². The van der Waals surface area contributed by atoms with Crippen molar-refractivity contribution < 1.29 is 17.9 Å². The number of primary sulfonamides is 1. The minimum absolute atomic E-state index is 0.115. The molecule has 0 bridgehead atoms. The van der Waals surface area contributed by atoms with Crippen LogP contribution in [0.15, 0.2) is 41.3 Å². The van der Waals surface area contributed by atoms with Gasteiger partial charge in [-0.3, -0.25) is 4.79 Å². The SMILES string of the molecule is COc1ccc(S(N)(=O)=O)cc1C(=O)Nc1ccc2c(c1)CCC2. The highest BCUT2D eigenvalue weighted by molar-refractivity contribution is 7.89. The van der Waals surface area contributed by atoms with Gasteiger partial charge < -0.3 is 10.1 Å². The first kappa shape index (κ1) is 16.5. The summed E-state index contributed by atoms with van der Waals surface area (Å²) in [6.07, 6.45) is 3.19. The van der Waals surface area contributed by atoms with Gasteiger partial charge in [-0.15, -0.1) is 0 Å². The molecule has 0 radical (unpaired) electrons. The fourth-order valence-corrected chi connectivity index (χ4v) is 3.43. The average Bonchev–Trinajstić information content (AvgIpc) is 3.01. The van der Waals surface area contributed by atoms with Gasteiger partial charge in [-0.05, 0) is 60.7 Å². The largest absolute Gasteiger partial charge is 0.496 e. The lowest BCUT2D eigenvalue weighted by molar-refractivity contribution is 0.102. The quantitative estimate of drug-likeness (QED) is 0.885. The van der Waals surface area contributed by atoms with E-state index < -0.39 is 15.9 Å². The number of ether oxygens (including phenoxy) is 1. The summed E-state index contributed by atoms with van der Waals surface area (Å²) in [7, 11) is -2.49. The van der Waals surface area contributed by atoms with Gasteiger partial charge in [0.15, 0.2) is 0 Å². The van der Waals surface area contributed by atoms with E-state index in [2.05, 4.69) is 5.32 Å². The summed E-state index contributed by atoms with van der Waals surface area (Å²) in [5.74, 6) is -0.170. The number of sulfonamides is 1. The zero-order chi connectivity index (χ0) is 17.3. The lowest BCUT2D eigenvalue weighted by Gasteiger charge is -2.11. The third-order valence-corrected chi connectivity index (χ3v) is 5.01. The summed E-state index contributed by atoms with van der Waals surface area (Å²) in [5.41, 5.74) is 3.33. The molecule has 0 saturated heterocycles. The molecule has 7 heteroatoms. The molecule has 1 aliphatic carbocycles. The molecular weight excluding hydrogens is 328 g/mol. The summed E-state index contributed by atoms with van der Waals surface area (Å²) >= 11 is 0. The molecule has 24 heavy (non-hydrogen) atoms. The third kappa shape index (κ3) is 3.27. The van der Waals surface area contributed by atoms with Crippen molar-refractivity contribution in [2.24, 2.45) is 5.14 Å². The summed E-state index contributed by atoms with van der Waals surface area (Å²) in [5, 5.41) is 7.92. The van der Waals surface area contributed by atoms with Crippen LogP contribution in [0.3, 0.4) is 0 Å². The van der Waals surface area contributed by atoms with Gasteiger partial charge in [0, 0.05) is 5.69 Å². The van der Waals surface area contributed by atoms with E-state index >= 15 is 0 Å².